The second-order valence-electron chi connectivity index (χ2n) is 17.0. The van der Waals surface area contributed by atoms with Gasteiger partial charge in [-0.25, -0.2) is 0 Å². The van der Waals surface area contributed by atoms with Crippen molar-refractivity contribution in [3.05, 3.63) is 23.8 Å². The molecule has 6 aliphatic rings. The summed E-state index contributed by atoms with van der Waals surface area (Å²) in [5.41, 5.74) is 1.41. The number of piperidine rings is 1. The summed E-state index contributed by atoms with van der Waals surface area (Å²) in [6.45, 7) is 11.5. The number of hydrogen-bond acceptors (Lipinski definition) is 6. The molecule has 0 bridgehead atoms. The first-order valence-corrected chi connectivity index (χ1v) is 18.4. The number of benzene rings is 1. The molecule has 1 spiro atoms. The Morgan fingerprint density at radius 2 is 1.74 bits per heavy atom. The number of rotatable bonds is 6. The number of ether oxygens (including phenoxy) is 1. The molecule has 8 heteroatoms. The van der Waals surface area contributed by atoms with Crippen molar-refractivity contribution in [1.29, 1.82) is 0 Å². The Balaban J connectivity index is 0.914. The Morgan fingerprint density at radius 1 is 0.935 bits per heavy atom. The van der Waals surface area contributed by atoms with Crippen LogP contribution in [0.3, 0.4) is 0 Å². The zero-order valence-corrected chi connectivity index (χ0v) is 28.4. The van der Waals surface area contributed by atoms with E-state index in [1.54, 1.807) is 6.07 Å². The molecule has 2 saturated heterocycles. The Hall–Kier alpha value is -2.32. The van der Waals surface area contributed by atoms with Crippen LogP contribution < -0.4 is 16.0 Å². The molecule has 2 amide bonds. The molecule has 254 valence electrons. The smallest absolute Gasteiger partial charge is 0.229 e. The summed E-state index contributed by atoms with van der Waals surface area (Å²) >= 11 is 0. The van der Waals surface area contributed by atoms with Gasteiger partial charge >= 0.3 is 0 Å². The van der Waals surface area contributed by atoms with Gasteiger partial charge in [-0.05, 0) is 135 Å². The molecule has 6 fully saturated rings. The van der Waals surface area contributed by atoms with E-state index >= 15 is 0 Å². The first kappa shape index (κ1) is 32.2. The van der Waals surface area contributed by atoms with E-state index in [0.29, 0.717) is 47.7 Å². The number of aromatic hydroxyl groups is 2. The maximum Gasteiger partial charge on any atom is 0.229 e. The molecule has 8 nitrogen and oxygen atoms in total. The summed E-state index contributed by atoms with van der Waals surface area (Å²) in [5, 5.41) is 29.1. The van der Waals surface area contributed by atoms with Crippen LogP contribution in [-0.2, 0) is 20.7 Å². The molecule has 2 heterocycles. The van der Waals surface area contributed by atoms with Crippen molar-refractivity contribution < 1.29 is 24.5 Å². The number of nitrogens with one attached hydrogen (secondary N) is 3. The molecular weight excluding hydrogens is 578 g/mol. The monoisotopic (exact) mass is 635 g/mol. The van der Waals surface area contributed by atoms with Crippen LogP contribution in [0.25, 0.3) is 0 Å². The zero-order valence-electron chi connectivity index (χ0n) is 28.4. The van der Waals surface area contributed by atoms with Gasteiger partial charge in [0.2, 0.25) is 11.8 Å². The molecule has 1 unspecified atom stereocenters. The lowest BCUT2D eigenvalue weighted by atomic mass is 9.44. The van der Waals surface area contributed by atoms with Crippen LogP contribution in [-0.4, -0.2) is 53.0 Å². The summed E-state index contributed by atoms with van der Waals surface area (Å²) in [5.74, 6) is 4.09. The van der Waals surface area contributed by atoms with E-state index in [0.717, 1.165) is 61.5 Å². The molecule has 5 N–H and O–H groups in total. The maximum atomic E-state index is 12.9. The number of phenolic OH excluding ortho intramolecular Hbond substituents is 2. The van der Waals surface area contributed by atoms with E-state index in [9.17, 15) is 19.8 Å². The van der Waals surface area contributed by atoms with Crippen molar-refractivity contribution in [2.45, 2.75) is 123 Å². The fraction of sp³-hybridized carbons (Fsp3) is 0.789. The largest absolute Gasteiger partial charge is 0.504 e. The highest BCUT2D eigenvalue weighted by atomic mass is 16.5. The summed E-state index contributed by atoms with van der Waals surface area (Å²) in [4.78, 5) is 25.3. The average molecular weight is 636 g/mol. The summed E-state index contributed by atoms with van der Waals surface area (Å²) in [7, 11) is 0. The molecule has 46 heavy (non-hydrogen) atoms. The van der Waals surface area contributed by atoms with Crippen molar-refractivity contribution in [2.75, 3.05) is 13.1 Å². The minimum Gasteiger partial charge on any atom is -0.504 e. The quantitative estimate of drug-likeness (QED) is 0.204. The lowest BCUT2D eigenvalue weighted by molar-refractivity contribution is -0.137. The minimum absolute atomic E-state index is 0.0987. The topological polar surface area (TPSA) is 120 Å². The number of carbonyl (C=O) groups is 2. The highest BCUT2D eigenvalue weighted by molar-refractivity contribution is 5.96. The number of fused-ring (bicyclic) bond motifs is 7. The van der Waals surface area contributed by atoms with Gasteiger partial charge in [0.15, 0.2) is 11.5 Å². The summed E-state index contributed by atoms with van der Waals surface area (Å²) < 4.78 is 7.07. The van der Waals surface area contributed by atoms with Crippen LogP contribution in [0, 0.1) is 52.3 Å². The standard InChI is InChI=1S/C38H57N3O5/c1-22-9-15-38(40-21-22)23(2)35-32(46-38)19-29-27-7-6-25-18-26(10-13-36(25,3)28(27)11-14-37(29,35)4)41-34(45)20-33(44)39-16-12-24-5-8-30(42)31(43)17-24/h5,8,17,22-23,25-29,32,35,40,42-43H,6-7,9-16,18-21H2,1-4H3,(H,39,44)(H,41,45)/t22-,23+,25+,26?,27-,28+,29+,32+,35+,36+,37+,38-/m1/s1. The van der Waals surface area contributed by atoms with Crippen molar-refractivity contribution in [2.24, 2.45) is 52.3 Å². The van der Waals surface area contributed by atoms with E-state index in [2.05, 4.69) is 43.6 Å². The van der Waals surface area contributed by atoms with Crippen LogP contribution in [0.15, 0.2) is 18.2 Å². The van der Waals surface area contributed by atoms with Gasteiger partial charge in [0.05, 0.1) is 6.10 Å². The summed E-state index contributed by atoms with van der Waals surface area (Å²) in [6, 6.07) is 4.78. The van der Waals surface area contributed by atoms with E-state index in [-0.39, 0.29) is 41.5 Å². The molecule has 0 radical (unpaired) electrons. The second-order valence-corrected chi connectivity index (χ2v) is 17.0. The lowest BCUT2D eigenvalue weighted by Crippen LogP contribution is -2.58. The van der Waals surface area contributed by atoms with Gasteiger partial charge in [-0.2, -0.15) is 0 Å². The first-order valence-electron chi connectivity index (χ1n) is 18.4. The maximum absolute atomic E-state index is 12.9. The van der Waals surface area contributed by atoms with Crippen molar-refractivity contribution in [3.8, 4) is 11.5 Å². The second kappa shape index (κ2) is 12.0. The van der Waals surface area contributed by atoms with Gasteiger partial charge in [-0.15, -0.1) is 0 Å². The molecule has 1 aromatic rings. The summed E-state index contributed by atoms with van der Waals surface area (Å²) in [6.07, 6.45) is 12.8. The third-order valence-electron chi connectivity index (χ3n) is 14.6. The number of phenols is 2. The minimum atomic E-state index is -0.286. The molecular formula is C38H57N3O5. The normalized spacial score (nSPS) is 44.5. The predicted octanol–water partition coefficient (Wildman–Crippen LogP) is 5.65. The molecule has 12 atom stereocenters. The molecule has 1 aromatic carbocycles. The van der Waals surface area contributed by atoms with Crippen LogP contribution in [0.5, 0.6) is 11.5 Å². The first-order chi connectivity index (χ1) is 21.9. The Bertz CT molecular complexity index is 1330. The fourth-order valence-electron chi connectivity index (χ4n) is 12.1. The third kappa shape index (κ3) is 5.43. The van der Waals surface area contributed by atoms with Gasteiger partial charge in [-0.3, -0.25) is 14.9 Å². The van der Waals surface area contributed by atoms with E-state index in [1.165, 1.54) is 50.7 Å². The Kier molecular flexibility index (Phi) is 8.39. The van der Waals surface area contributed by atoms with Gasteiger partial charge in [0.25, 0.3) is 0 Å². The van der Waals surface area contributed by atoms with Gasteiger partial charge in [-0.1, -0.05) is 33.8 Å². The average Bonchev–Trinajstić information content (AvgIpc) is 3.46. The molecule has 2 aliphatic heterocycles. The van der Waals surface area contributed by atoms with Crippen LogP contribution >= 0.6 is 0 Å². The van der Waals surface area contributed by atoms with E-state index < -0.39 is 0 Å². The van der Waals surface area contributed by atoms with Gasteiger partial charge < -0.3 is 25.6 Å². The van der Waals surface area contributed by atoms with E-state index in [4.69, 9.17) is 4.74 Å². The molecule has 4 aliphatic carbocycles. The van der Waals surface area contributed by atoms with Crippen LogP contribution in [0.1, 0.15) is 104 Å². The Morgan fingerprint density at radius 3 is 2.50 bits per heavy atom. The Labute approximate surface area is 275 Å². The van der Waals surface area contributed by atoms with Crippen molar-refractivity contribution in [3.63, 3.8) is 0 Å². The van der Waals surface area contributed by atoms with Crippen LogP contribution in [0.4, 0.5) is 0 Å². The van der Waals surface area contributed by atoms with Gasteiger partial charge in [0.1, 0.15) is 12.1 Å². The van der Waals surface area contributed by atoms with Crippen molar-refractivity contribution in [1.82, 2.24) is 16.0 Å². The third-order valence-corrected chi connectivity index (χ3v) is 14.6. The molecule has 7 rings (SSSR count). The van der Waals surface area contributed by atoms with Crippen molar-refractivity contribution >= 4 is 11.8 Å². The fourth-order valence-corrected chi connectivity index (χ4v) is 12.1. The molecule has 0 aromatic heterocycles. The molecule has 4 saturated carbocycles. The van der Waals surface area contributed by atoms with Gasteiger partial charge in [0, 0.05) is 25.0 Å². The number of carbonyl (C=O) groups excluding carboxylic acids is 2. The highest BCUT2D eigenvalue weighted by Gasteiger charge is 2.68. The predicted molar refractivity (Wildman–Crippen MR) is 177 cm³/mol. The number of hydrogen-bond donors (Lipinski definition) is 5. The lowest BCUT2D eigenvalue weighted by Gasteiger charge is -2.61. The SMILES string of the molecule is C[C@@H]1CC[C@@]2(NC1)O[C@H]1C[C@H]3[C@@H]4CC[C@H]5CC(NC(=O)CC(=O)NCCc6ccc(O)c(O)c6)CC[C@]5(C)[C@H]4CC[C@]3(C)[C@H]1[C@@H]2C. The van der Waals surface area contributed by atoms with E-state index in [1.807, 2.05) is 0 Å². The van der Waals surface area contributed by atoms with Crippen LogP contribution in [0.2, 0.25) is 0 Å². The number of amides is 2. The zero-order chi connectivity index (χ0) is 32.4. The highest BCUT2D eigenvalue weighted by Crippen LogP contribution is 2.71.